The van der Waals surface area contributed by atoms with Crippen LogP contribution < -0.4 is 0 Å². The monoisotopic (exact) mass is 262 g/mol. The Morgan fingerprint density at radius 1 is 1.21 bits per heavy atom. The molecule has 1 saturated heterocycles. The molecule has 0 bridgehead atoms. The minimum atomic E-state index is -0.459. The number of likely N-dealkylation sites (tertiary alicyclic amines) is 1. The van der Waals surface area contributed by atoms with E-state index in [2.05, 4.69) is 13.8 Å². The van der Waals surface area contributed by atoms with Gasteiger partial charge in [0.25, 0.3) is 11.6 Å². The molecule has 102 valence electrons. The van der Waals surface area contributed by atoms with Crippen LogP contribution in [-0.4, -0.2) is 28.8 Å². The van der Waals surface area contributed by atoms with Crippen molar-refractivity contribution in [2.75, 3.05) is 13.1 Å². The molecule has 0 saturated carbocycles. The third-order valence-corrected chi connectivity index (χ3v) is 3.48. The summed E-state index contributed by atoms with van der Waals surface area (Å²) in [6.07, 6.45) is 1.14. The van der Waals surface area contributed by atoms with Crippen molar-refractivity contribution >= 4 is 11.6 Å². The first-order valence-corrected chi connectivity index (χ1v) is 6.51. The number of carbonyl (C=O) groups excluding carboxylic acids is 1. The van der Waals surface area contributed by atoms with Gasteiger partial charge in [-0.25, -0.2) is 0 Å². The summed E-state index contributed by atoms with van der Waals surface area (Å²) in [7, 11) is 0. The Balaban J connectivity index is 2.12. The fourth-order valence-corrected chi connectivity index (χ4v) is 2.74. The van der Waals surface area contributed by atoms with Crippen LogP contribution in [-0.2, 0) is 0 Å². The molecule has 1 aliphatic heterocycles. The van der Waals surface area contributed by atoms with Crippen LogP contribution in [0.4, 0.5) is 5.69 Å². The lowest BCUT2D eigenvalue weighted by Crippen LogP contribution is -2.42. The minimum absolute atomic E-state index is 0.0110. The van der Waals surface area contributed by atoms with E-state index in [1.807, 2.05) is 4.90 Å². The van der Waals surface area contributed by atoms with Gasteiger partial charge < -0.3 is 4.90 Å². The van der Waals surface area contributed by atoms with Crippen molar-refractivity contribution in [3.8, 4) is 0 Å². The zero-order chi connectivity index (χ0) is 14.0. The quantitative estimate of drug-likeness (QED) is 0.608. The van der Waals surface area contributed by atoms with Crippen molar-refractivity contribution in [3.63, 3.8) is 0 Å². The van der Waals surface area contributed by atoms with Crippen LogP contribution in [0.3, 0.4) is 0 Å². The van der Waals surface area contributed by atoms with Gasteiger partial charge in [-0.1, -0.05) is 13.8 Å². The van der Waals surface area contributed by atoms with Gasteiger partial charge in [-0.15, -0.1) is 0 Å². The second kappa shape index (κ2) is 5.38. The number of amides is 1. The van der Waals surface area contributed by atoms with E-state index < -0.39 is 4.92 Å². The maximum absolute atomic E-state index is 12.3. The van der Waals surface area contributed by atoms with Crippen LogP contribution in [0.5, 0.6) is 0 Å². The minimum Gasteiger partial charge on any atom is -0.338 e. The summed E-state index contributed by atoms with van der Waals surface area (Å²) in [4.78, 5) is 24.3. The Morgan fingerprint density at radius 2 is 1.74 bits per heavy atom. The van der Waals surface area contributed by atoms with Crippen LogP contribution in [0.25, 0.3) is 0 Å². The van der Waals surface area contributed by atoms with Crippen LogP contribution >= 0.6 is 0 Å². The van der Waals surface area contributed by atoms with E-state index in [1.165, 1.54) is 24.3 Å². The van der Waals surface area contributed by atoms with Gasteiger partial charge in [-0.2, -0.15) is 0 Å². The number of non-ortho nitro benzene ring substituents is 1. The van der Waals surface area contributed by atoms with Gasteiger partial charge >= 0.3 is 0 Å². The van der Waals surface area contributed by atoms with Crippen molar-refractivity contribution in [2.45, 2.75) is 20.3 Å². The third kappa shape index (κ3) is 3.10. The number of piperidine rings is 1. The van der Waals surface area contributed by atoms with Gasteiger partial charge in [0.15, 0.2) is 0 Å². The molecule has 0 unspecified atom stereocenters. The predicted molar refractivity (Wildman–Crippen MR) is 71.9 cm³/mol. The molecule has 0 aliphatic carbocycles. The van der Waals surface area contributed by atoms with E-state index >= 15 is 0 Å². The van der Waals surface area contributed by atoms with E-state index in [0.717, 1.165) is 19.5 Å². The normalized spacial score (nSPS) is 23.2. The highest BCUT2D eigenvalue weighted by molar-refractivity contribution is 5.94. The Kier molecular flexibility index (Phi) is 3.83. The summed E-state index contributed by atoms with van der Waals surface area (Å²) in [6.45, 7) is 5.82. The third-order valence-electron chi connectivity index (χ3n) is 3.48. The fraction of sp³-hybridized carbons (Fsp3) is 0.500. The molecule has 19 heavy (non-hydrogen) atoms. The second-order valence-corrected chi connectivity index (χ2v) is 5.46. The van der Waals surface area contributed by atoms with Crippen molar-refractivity contribution in [2.24, 2.45) is 11.8 Å². The highest BCUT2D eigenvalue weighted by atomic mass is 16.6. The molecule has 0 N–H and O–H groups in total. The summed E-state index contributed by atoms with van der Waals surface area (Å²) < 4.78 is 0. The Morgan fingerprint density at radius 3 is 2.21 bits per heavy atom. The summed E-state index contributed by atoms with van der Waals surface area (Å²) >= 11 is 0. The molecule has 5 nitrogen and oxygen atoms in total. The van der Waals surface area contributed by atoms with Crippen molar-refractivity contribution in [3.05, 3.63) is 39.9 Å². The molecule has 1 aromatic rings. The number of nitro benzene ring substituents is 1. The summed E-state index contributed by atoms with van der Waals surface area (Å²) in [5, 5.41) is 10.6. The zero-order valence-corrected chi connectivity index (χ0v) is 11.2. The van der Waals surface area contributed by atoms with Crippen LogP contribution in [0.15, 0.2) is 24.3 Å². The van der Waals surface area contributed by atoms with Crippen LogP contribution in [0, 0.1) is 22.0 Å². The molecule has 2 rings (SSSR count). The maximum Gasteiger partial charge on any atom is 0.269 e. The SMILES string of the molecule is C[C@@H]1C[C@@H](C)CN(C(=O)c2ccc([N+](=O)[O-])cc2)C1. The van der Waals surface area contributed by atoms with Crippen LogP contribution in [0.1, 0.15) is 30.6 Å². The van der Waals surface area contributed by atoms with Gasteiger partial charge in [0, 0.05) is 30.8 Å². The number of hydrogen-bond acceptors (Lipinski definition) is 3. The van der Waals surface area contributed by atoms with Gasteiger partial charge in [0.2, 0.25) is 0 Å². The molecule has 2 atom stereocenters. The molecule has 0 spiro atoms. The zero-order valence-electron chi connectivity index (χ0n) is 11.2. The summed E-state index contributed by atoms with van der Waals surface area (Å²) in [6, 6.07) is 5.82. The average molecular weight is 262 g/mol. The Hall–Kier alpha value is -1.91. The van der Waals surface area contributed by atoms with E-state index in [-0.39, 0.29) is 11.6 Å². The highest BCUT2D eigenvalue weighted by Gasteiger charge is 2.26. The number of nitro groups is 1. The van der Waals surface area contributed by atoms with Crippen molar-refractivity contribution in [1.82, 2.24) is 4.90 Å². The first-order valence-electron chi connectivity index (χ1n) is 6.51. The molecular formula is C14H18N2O3. The Labute approximate surface area is 112 Å². The number of hydrogen-bond donors (Lipinski definition) is 0. The predicted octanol–water partition coefficient (Wildman–Crippen LogP) is 2.71. The summed E-state index contributed by atoms with van der Waals surface area (Å²) in [5.41, 5.74) is 0.531. The van der Waals surface area contributed by atoms with Gasteiger partial charge in [-0.3, -0.25) is 14.9 Å². The molecule has 0 aromatic heterocycles. The number of rotatable bonds is 2. The summed E-state index contributed by atoms with van der Waals surface area (Å²) in [5.74, 6) is 0.977. The van der Waals surface area contributed by atoms with Crippen molar-refractivity contribution in [1.29, 1.82) is 0 Å². The van der Waals surface area contributed by atoms with E-state index in [9.17, 15) is 14.9 Å². The number of benzene rings is 1. The maximum atomic E-state index is 12.3. The largest absolute Gasteiger partial charge is 0.338 e. The molecule has 1 fully saturated rings. The standard InChI is InChI=1S/C14H18N2O3/c1-10-7-11(2)9-15(8-10)14(17)12-3-5-13(6-4-12)16(18)19/h3-6,10-11H,7-9H2,1-2H3/t10-,11-/m1/s1. The average Bonchev–Trinajstić information content (AvgIpc) is 2.37. The first kappa shape index (κ1) is 13.5. The number of nitrogens with zero attached hydrogens (tertiary/aromatic N) is 2. The fourth-order valence-electron chi connectivity index (χ4n) is 2.74. The molecular weight excluding hydrogens is 244 g/mol. The molecule has 1 amide bonds. The lowest BCUT2D eigenvalue weighted by atomic mass is 9.91. The van der Waals surface area contributed by atoms with Gasteiger partial charge in [0.05, 0.1) is 4.92 Å². The molecule has 1 heterocycles. The van der Waals surface area contributed by atoms with Gasteiger partial charge in [-0.05, 0) is 30.4 Å². The first-order chi connectivity index (χ1) is 8.97. The lowest BCUT2D eigenvalue weighted by molar-refractivity contribution is -0.384. The van der Waals surface area contributed by atoms with Crippen molar-refractivity contribution < 1.29 is 9.72 Å². The lowest BCUT2D eigenvalue weighted by Gasteiger charge is -2.35. The van der Waals surface area contributed by atoms with E-state index in [0.29, 0.717) is 17.4 Å². The smallest absolute Gasteiger partial charge is 0.269 e. The van der Waals surface area contributed by atoms with E-state index in [1.54, 1.807) is 0 Å². The second-order valence-electron chi connectivity index (χ2n) is 5.46. The Bertz CT molecular complexity index is 474. The van der Waals surface area contributed by atoms with E-state index in [4.69, 9.17) is 0 Å². The topological polar surface area (TPSA) is 63.5 Å². The highest BCUT2D eigenvalue weighted by Crippen LogP contribution is 2.23. The molecule has 5 heteroatoms. The molecule has 1 aliphatic rings. The van der Waals surface area contributed by atoms with Gasteiger partial charge in [0.1, 0.15) is 0 Å². The molecule has 0 radical (unpaired) electrons. The molecule has 1 aromatic carbocycles. The number of carbonyl (C=O) groups is 1. The van der Waals surface area contributed by atoms with Crippen LogP contribution in [0.2, 0.25) is 0 Å².